The van der Waals surface area contributed by atoms with Crippen molar-refractivity contribution in [2.24, 2.45) is 0 Å². The van der Waals surface area contributed by atoms with Crippen molar-refractivity contribution in [2.75, 3.05) is 7.11 Å². The van der Waals surface area contributed by atoms with Crippen LogP contribution in [0.5, 0.6) is 23.0 Å². The maximum atomic E-state index is 13.5. The average Bonchev–Trinajstić information content (AvgIpc) is 2.74. The van der Waals surface area contributed by atoms with Crippen molar-refractivity contribution in [2.45, 2.75) is 32.2 Å². The number of benzene rings is 2. The molecule has 0 aliphatic carbocycles. The number of hydrogen-bond acceptors (Lipinski definition) is 6. The summed E-state index contributed by atoms with van der Waals surface area (Å²) in [6.45, 7) is 2.25. The fourth-order valence-electron chi connectivity index (χ4n) is 3.97. The molecule has 0 radical (unpaired) electrons. The molecule has 4 rings (SSSR count). The number of fused-ring (bicyclic) bond motifs is 1. The van der Waals surface area contributed by atoms with Crippen LogP contribution in [-0.2, 0) is 17.8 Å². The highest BCUT2D eigenvalue weighted by Gasteiger charge is 2.33. The highest BCUT2D eigenvalue weighted by molar-refractivity contribution is 5.77. The summed E-state index contributed by atoms with van der Waals surface area (Å²) in [7, 11) is 1.45. The molecule has 7 heteroatoms. The summed E-state index contributed by atoms with van der Waals surface area (Å²) in [6.07, 6.45) is 0.633. The summed E-state index contributed by atoms with van der Waals surface area (Å²) in [5, 5.41) is 19.4. The van der Waals surface area contributed by atoms with Gasteiger partial charge in [0, 0.05) is 24.2 Å². The van der Waals surface area contributed by atoms with E-state index >= 15 is 0 Å². The fourth-order valence-corrected chi connectivity index (χ4v) is 3.97. The Balaban J connectivity index is 1.75. The van der Waals surface area contributed by atoms with E-state index in [9.17, 15) is 19.8 Å². The summed E-state index contributed by atoms with van der Waals surface area (Å²) in [5.41, 5.74) is 2.59. The number of aromatic hydroxyl groups is 2. The molecule has 0 saturated carbocycles. The van der Waals surface area contributed by atoms with Gasteiger partial charge in [-0.3, -0.25) is 9.59 Å². The second-order valence-corrected chi connectivity index (χ2v) is 7.60. The maximum Gasteiger partial charge on any atom is 0.312 e. The molecule has 1 aliphatic rings. The van der Waals surface area contributed by atoms with E-state index in [-0.39, 0.29) is 35.0 Å². The first kappa shape index (κ1) is 20.5. The van der Waals surface area contributed by atoms with Crippen LogP contribution in [0.2, 0.25) is 0 Å². The Labute approximate surface area is 179 Å². The first-order valence-corrected chi connectivity index (χ1v) is 9.97. The van der Waals surface area contributed by atoms with Crippen molar-refractivity contribution >= 4 is 5.97 Å². The molecule has 3 aromatic rings. The molecule has 0 saturated heterocycles. The smallest absolute Gasteiger partial charge is 0.312 e. The molecule has 2 N–H and O–H groups in total. The van der Waals surface area contributed by atoms with Gasteiger partial charge in [-0.1, -0.05) is 18.2 Å². The van der Waals surface area contributed by atoms with E-state index in [1.807, 2.05) is 12.1 Å². The van der Waals surface area contributed by atoms with Gasteiger partial charge in [-0.05, 0) is 48.7 Å². The molecule has 2 heterocycles. The number of phenolic OH excluding ortho intramolecular Hbond substituents is 2. The third-order valence-electron chi connectivity index (χ3n) is 5.62. The number of pyridine rings is 1. The fraction of sp³-hybridized carbons (Fsp3) is 0.250. The van der Waals surface area contributed by atoms with E-state index in [1.54, 1.807) is 41.8 Å². The van der Waals surface area contributed by atoms with E-state index in [0.717, 1.165) is 5.56 Å². The van der Waals surface area contributed by atoms with Crippen LogP contribution >= 0.6 is 0 Å². The first-order valence-electron chi connectivity index (χ1n) is 9.97. The number of esters is 1. The molecule has 0 spiro atoms. The van der Waals surface area contributed by atoms with Gasteiger partial charge in [-0.25, -0.2) is 0 Å². The van der Waals surface area contributed by atoms with Gasteiger partial charge in [-0.2, -0.15) is 0 Å². The Morgan fingerprint density at radius 2 is 1.84 bits per heavy atom. The number of carbonyl (C=O) groups excluding carboxylic acids is 1. The van der Waals surface area contributed by atoms with E-state index in [0.29, 0.717) is 29.8 Å². The first-order chi connectivity index (χ1) is 14.9. The lowest BCUT2D eigenvalue weighted by atomic mass is 9.86. The molecular formula is C24H23NO6. The summed E-state index contributed by atoms with van der Waals surface area (Å²) < 4.78 is 12.3. The predicted octanol–water partition coefficient (Wildman–Crippen LogP) is 3.26. The SMILES string of the molecule is COc1cc(C2CC(=O)Oc3cc(C)n(CCc4ccc(O)cc4)c(=O)c32)ccc1O. The third kappa shape index (κ3) is 3.99. The average molecular weight is 421 g/mol. The Hall–Kier alpha value is -3.74. The second-order valence-electron chi connectivity index (χ2n) is 7.60. The van der Waals surface area contributed by atoms with Gasteiger partial charge < -0.3 is 24.3 Å². The molecule has 0 amide bonds. The maximum absolute atomic E-state index is 13.5. The molecule has 160 valence electrons. The van der Waals surface area contributed by atoms with Crippen LogP contribution in [0.25, 0.3) is 0 Å². The molecule has 31 heavy (non-hydrogen) atoms. The Morgan fingerprint density at radius 1 is 1.10 bits per heavy atom. The lowest BCUT2D eigenvalue weighted by Gasteiger charge is -2.26. The van der Waals surface area contributed by atoms with Gasteiger partial charge in [-0.15, -0.1) is 0 Å². The minimum atomic E-state index is -0.501. The molecule has 0 bridgehead atoms. The minimum Gasteiger partial charge on any atom is -0.508 e. The van der Waals surface area contributed by atoms with Crippen LogP contribution in [0, 0.1) is 6.92 Å². The van der Waals surface area contributed by atoms with Gasteiger partial charge in [0.2, 0.25) is 0 Å². The Morgan fingerprint density at radius 3 is 2.55 bits per heavy atom. The third-order valence-corrected chi connectivity index (χ3v) is 5.62. The van der Waals surface area contributed by atoms with Crippen LogP contribution in [0.15, 0.2) is 53.3 Å². The number of aryl methyl sites for hydroxylation is 2. The summed E-state index contributed by atoms with van der Waals surface area (Å²) >= 11 is 0. The van der Waals surface area contributed by atoms with Crippen LogP contribution in [0.4, 0.5) is 0 Å². The van der Waals surface area contributed by atoms with Crippen molar-refractivity contribution in [1.29, 1.82) is 0 Å². The van der Waals surface area contributed by atoms with Gasteiger partial charge in [0.05, 0.1) is 19.1 Å². The van der Waals surface area contributed by atoms with Crippen LogP contribution in [-0.4, -0.2) is 27.9 Å². The van der Waals surface area contributed by atoms with Crippen LogP contribution in [0.1, 0.15) is 34.7 Å². The number of aromatic nitrogens is 1. The molecule has 1 unspecified atom stereocenters. The standard InChI is InChI=1S/C24H23NO6/c1-14-11-21-23(24(29)25(14)10-9-15-3-6-17(26)7-4-15)18(13-22(28)31-21)16-5-8-19(27)20(12-16)30-2/h3-8,11-12,18,26-27H,9-10,13H2,1-2H3. The monoisotopic (exact) mass is 421 g/mol. The number of nitrogens with zero attached hydrogens (tertiary/aromatic N) is 1. The molecule has 1 aliphatic heterocycles. The summed E-state index contributed by atoms with van der Waals surface area (Å²) in [4.78, 5) is 25.7. The lowest BCUT2D eigenvalue weighted by Crippen LogP contribution is -2.33. The molecule has 1 atom stereocenters. The van der Waals surface area contributed by atoms with Crippen molar-refractivity contribution < 1.29 is 24.5 Å². The van der Waals surface area contributed by atoms with Gasteiger partial charge >= 0.3 is 5.97 Å². The zero-order chi connectivity index (χ0) is 22.1. The van der Waals surface area contributed by atoms with Crippen molar-refractivity contribution in [3.8, 4) is 23.0 Å². The van der Waals surface area contributed by atoms with Crippen LogP contribution in [0.3, 0.4) is 0 Å². The molecule has 1 aromatic heterocycles. The van der Waals surface area contributed by atoms with Crippen molar-refractivity contribution in [3.63, 3.8) is 0 Å². The largest absolute Gasteiger partial charge is 0.508 e. The van der Waals surface area contributed by atoms with E-state index in [2.05, 4.69) is 0 Å². The second kappa shape index (κ2) is 8.18. The van der Waals surface area contributed by atoms with E-state index in [4.69, 9.17) is 9.47 Å². The topological polar surface area (TPSA) is 98.0 Å². The number of ether oxygens (including phenoxy) is 2. The zero-order valence-corrected chi connectivity index (χ0v) is 17.3. The van der Waals surface area contributed by atoms with Crippen molar-refractivity contribution in [1.82, 2.24) is 4.57 Å². The quantitative estimate of drug-likeness (QED) is 0.614. The normalized spacial score (nSPS) is 15.3. The number of carbonyl (C=O) groups is 1. The van der Waals surface area contributed by atoms with Gasteiger partial charge in [0.15, 0.2) is 11.5 Å². The Kier molecular flexibility index (Phi) is 5.42. The summed E-state index contributed by atoms with van der Waals surface area (Å²) in [6, 6.07) is 13.4. The van der Waals surface area contributed by atoms with E-state index in [1.165, 1.54) is 13.2 Å². The van der Waals surface area contributed by atoms with Crippen molar-refractivity contribution in [3.05, 3.63) is 81.3 Å². The highest BCUT2D eigenvalue weighted by Crippen LogP contribution is 2.39. The minimum absolute atomic E-state index is 0.0138. The molecular weight excluding hydrogens is 398 g/mol. The lowest BCUT2D eigenvalue weighted by molar-refractivity contribution is -0.135. The highest BCUT2D eigenvalue weighted by atomic mass is 16.5. The molecule has 7 nitrogen and oxygen atoms in total. The number of phenols is 2. The summed E-state index contributed by atoms with van der Waals surface area (Å²) in [5.74, 6) is -0.182. The number of rotatable bonds is 5. The molecule has 2 aromatic carbocycles. The van der Waals surface area contributed by atoms with Gasteiger partial charge in [0.1, 0.15) is 11.5 Å². The Bertz CT molecular complexity index is 1200. The predicted molar refractivity (Wildman–Crippen MR) is 114 cm³/mol. The van der Waals surface area contributed by atoms with Gasteiger partial charge in [0.25, 0.3) is 5.56 Å². The number of methoxy groups -OCH3 is 1. The number of hydrogen-bond donors (Lipinski definition) is 2. The molecule has 0 fully saturated rings. The zero-order valence-electron chi connectivity index (χ0n) is 17.3. The van der Waals surface area contributed by atoms with Crippen LogP contribution < -0.4 is 15.0 Å². The van der Waals surface area contributed by atoms with E-state index < -0.39 is 11.9 Å².